The normalized spacial score (nSPS) is 15.7. The Bertz CT molecular complexity index is 722. The summed E-state index contributed by atoms with van der Waals surface area (Å²) in [5, 5.41) is 0. The molecule has 0 aliphatic carbocycles. The van der Waals surface area contributed by atoms with Crippen molar-refractivity contribution in [2.24, 2.45) is 0 Å². The first-order valence-corrected chi connectivity index (χ1v) is 8.19. The fourth-order valence-corrected chi connectivity index (χ4v) is 2.85. The molecule has 1 aliphatic heterocycles. The predicted molar refractivity (Wildman–Crippen MR) is 95.3 cm³/mol. The summed E-state index contributed by atoms with van der Waals surface area (Å²) in [5.74, 6) is 0.813. The van der Waals surface area contributed by atoms with Gasteiger partial charge < -0.3 is 9.64 Å². The largest absolute Gasteiger partial charge is 0.487 e. The molecule has 1 fully saturated rings. The van der Waals surface area contributed by atoms with Gasteiger partial charge in [0, 0.05) is 18.7 Å². The zero-order valence-corrected chi connectivity index (χ0v) is 14.4. The lowest BCUT2D eigenvalue weighted by Crippen LogP contribution is -2.27. The molecule has 1 aliphatic rings. The average Bonchev–Trinajstić information content (AvgIpc) is 3.11. The summed E-state index contributed by atoms with van der Waals surface area (Å²) in [6, 6.07) is 10.9. The Labute approximate surface area is 147 Å². The zero-order valence-electron chi connectivity index (χ0n) is 14.4. The minimum atomic E-state index is 0.250. The van der Waals surface area contributed by atoms with Gasteiger partial charge in [0.1, 0.15) is 12.4 Å². The van der Waals surface area contributed by atoms with Crippen LogP contribution in [0, 0.1) is 6.92 Å². The van der Waals surface area contributed by atoms with Crippen LogP contribution in [-0.4, -0.2) is 23.7 Å². The fraction of sp³-hybridized carbons (Fsp3) is 0.300. The van der Waals surface area contributed by atoms with Crippen LogP contribution in [0.5, 0.6) is 5.75 Å². The van der Waals surface area contributed by atoms with E-state index in [2.05, 4.69) is 53.7 Å². The van der Waals surface area contributed by atoms with Gasteiger partial charge in [0.25, 0.3) is 0 Å². The van der Waals surface area contributed by atoms with Crippen LogP contribution in [0.3, 0.4) is 0 Å². The first-order valence-electron chi connectivity index (χ1n) is 8.19. The lowest BCUT2D eigenvalue weighted by molar-refractivity contribution is -0.191. The van der Waals surface area contributed by atoms with Crippen LogP contribution in [0.25, 0.3) is 0 Å². The lowest BCUT2D eigenvalue weighted by Gasteiger charge is -2.24. The molecule has 1 saturated heterocycles. The van der Waals surface area contributed by atoms with E-state index in [9.17, 15) is 0 Å². The Balaban J connectivity index is 0.000000701. The average molecular weight is 338 g/mol. The molecule has 5 heteroatoms. The van der Waals surface area contributed by atoms with Crippen LogP contribution in [0.1, 0.15) is 24.0 Å². The van der Waals surface area contributed by atoms with Crippen LogP contribution in [-0.2, 0) is 16.2 Å². The second kappa shape index (κ2) is 9.40. The molecule has 0 amide bonds. The Morgan fingerprint density at radius 3 is 2.72 bits per heavy atom. The molecule has 130 valence electrons. The van der Waals surface area contributed by atoms with E-state index in [1.54, 1.807) is 6.20 Å². The molecule has 1 aromatic carbocycles. The van der Waals surface area contributed by atoms with Gasteiger partial charge in [-0.25, -0.2) is 0 Å². The molecule has 1 aromatic heterocycles. The van der Waals surface area contributed by atoms with E-state index >= 15 is 0 Å². The maximum Gasteiger partial charge on any atom is 0.373 e. The van der Waals surface area contributed by atoms with Crippen molar-refractivity contribution in [3.05, 3.63) is 66.5 Å². The highest BCUT2D eigenvalue weighted by Crippen LogP contribution is 2.28. The molecule has 0 bridgehead atoms. The van der Waals surface area contributed by atoms with Gasteiger partial charge in [-0.2, -0.15) is 9.59 Å². The summed E-state index contributed by atoms with van der Waals surface area (Å²) in [5.41, 5.74) is 3.54. The number of aromatic nitrogens is 1. The van der Waals surface area contributed by atoms with Crippen LogP contribution in [0.2, 0.25) is 0 Å². The second-order valence-electron chi connectivity index (χ2n) is 5.88. The lowest BCUT2D eigenvalue weighted by atomic mass is 10.2. The van der Waals surface area contributed by atoms with Gasteiger partial charge in [0.15, 0.2) is 0 Å². The smallest absolute Gasteiger partial charge is 0.373 e. The van der Waals surface area contributed by atoms with E-state index in [1.165, 1.54) is 17.5 Å². The molecule has 1 unspecified atom stereocenters. The van der Waals surface area contributed by atoms with Crippen molar-refractivity contribution in [2.75, 3.05) is 11.4 Å². The third-order valence-electron chi connectivity index (χ3n) is 4.13. The van der Waals surface area contributed by atoms with E-state index in [1.807, 2.05) is 12.3 Å². The minimum Gasteiger partial charge on any atom is -0.487 e. The van der Waals surface area contributed by atoms with E-state index < -0.39 is 0 Å². The molecule has 2 aromatic rings. The van der Waals surface area contributed by atoms with Crippen LogP contribution < -0.4 is 9.64 Å². The van der Waals surface area contributed by atoms with Gasteiger partial charge in [-0.1, -0.05) is 35.9 Å². The molecule has 25 heavy (non-hydrogen) atoms. The van der Waals surface area contributed by atoms with Gasteiger partial charge >= 0.3 is 6.15 Å². The quantitative estimate of drug-likeness (QED) is 0.781. The van der Waals surface area contributed by atoms with Crippen molar-refractivity contribution in [1.82, 2.24) is 4.98 Å². The summed E-state index contributed by atoms with van der Waals surface area (Å²) < 4.78 is 5.89. The molecule has 0 spiro atoms. The fourth-order valence-electron chi connectivity index (χ4n) is 2.85. The van der Waals surface area contributed by atoms with Gasteiger partial charge in [0.2, 0.25) is 0 Å². The van der Waals surface area contributed by atoms with Gasteiger partial charge in [-0.15, -0.1) is 6.58 Å². The summed E-state index contributed by atoms with van der Waals surface area (Å²) in [6.07, 6.45) is 8.31. The number of carbonyl (C=O) groups excluding carboxylic acids is 2. The number of benzene rings is 1. The van der Waals surface area contributed by atoms with Crippen molar-refractivity contribution in [2.45, 2.75) is 32.4 Å². The van der Waals surface area contributed by atoms with E-state index in [0.29, 0.717) is 12.6 Å². The van der Waals surface area contributed by atoms with Gasteiger partial charge in [0.05, 0.1) is 18.1 Å². The summed E-state index contributed by atoms with van der Waals surface area (Å²) >= 11 is 0. The van der Waals surface area contributed by atoms with Crippen molar-refractivity contribution in [3.63, 3.8) is 0 Å². The van der Waals surface area contributed by atoms with E-state index in [4.69, 9.17) is 14.3 Å². The molecule has 0 saturated carbocycles. The SMILES string of the molecule is C=CC1CCCN1c1cncc(OCc2ccc(C)cc2)c1.O=C=O. The number of anilines is 1. The minimum absolute atomic E-state index is 0.250. The summed E-state index contributed by atoms with van der Waals surface area (Å²) in [4.78, 5) is 22.9. The number of pyridine rings is 1. The van der Waals surface area contributed by atoms with Crippen LogP contribution in [0.4, 0.5) is 5.69 Å². The highest BCUT2D eigenvalue weighted by molar-refractivity contribution is 5.50. The standard InChI is InChI=1S/C19H22N2O.CO2/c1-3-17-5-4-10-21(17)18-11-19(13-20-12-18)22-14-16-8-6-15(2)7-9-16;2-1-3/h3,6-9,11-13,17H,1,4-5,10,14H2,2H3;. The van der Waals surface area contributed by atoms with Crippen molar-refractivity contribution in [3.8, 4) is 5.75 Å². The van der Waals surface area contributed by atoms with Crippen molar-refractivity contribution < 1.29 is 14.3 Å². The zero-order chi connectivity index (χ0) is 18.1. The number of ether oxygens (including phenoxy) is 1. The third-order valence-corrected chi connectivity index (χ3v) is 4.13. The van der Waals surface area contributed by atoms with Crippen molar-refractivity contribution in [1.29, 1.82) is 0 Å². The molecule has 0 radical (unpaired) electrons. The Morgan fingerprint density at radius 2 is 2.04 bits per heavy atom. The molecule has 2 heterocycles. The third kappa shape index (κ3) is 5.30. The monoisotopic (exact) mass is 338 g/mol. The Hall–Kier alpha value is -2.91. The van der Waals surface area contributed by atoms with E-state index in [-0.39, 0.29) is 6.15 Å². The number of nitrogens with zero attached hydrogens (tertiary/aromatic N) is 2. The predicted octanol–water partition coefficient (Wildman–Crippen LogP) is 3.54. The number of rotatable bonds is 5. The highest BCUT2D eigenvalue weighted by Gasteiger charge is 2.22. The maximum absolute atomic E-state index is 8.12. The highest BCUT2D eigenvalue weighted by atomic mass is 16.5. The Kier molecular flexibility index (Phi) is 6.93. The first kappa shape index (κ1) is 18.4. The molecular weight excluding hydrogens is 316 g/mol. The second-order valence-corrected chi connectivity index (χ2v) is 5.88. The Morgan fingerprint density at radius 1 is 1.32 bits per heavy atom. The first-order chi connectivity index (χ1) is 12.2. The van der Waals surface area contributed by atoms with E-state index in [0.717, 1.165) is 24.4 Å². The van der Waals surface area contributed by atoms with Crippen LogP contribution >= 0.6 is 0 Å². The molecule has 3 rings (SSSR count). The molecular formula is C20H22N2O3. The topological polar surface area (TPSA) is 59.5 Å². The summed E-state index contributed by atoms with van der Waals surface area (Å²) in [7, 11) is 0. The van der Waals surface area contributed by atoms with Gasteiger partial charge in [-0.05, 0) is 25.3 Å². The maximum atomic E-state index is 8.12. The van der Waals surface area contributed by atoms with Crippen molar-refractivity contribution >= 4 is 11.8 Å². The number of aryl methyl sites for hydroxylation is 1. The number of hydrogen-bond donors (Lipinski definition) is 0. The number of hydrogen-bond acceptors (Lipinski definition) is 5. The van der Waals surface area contributed by atoms with Gasteiger partial charge in [-0.3, -0.25) is 4.98 Å². The molecule has 0 N–H and O–H groups in total. The molecule has 5 nitrogen and oxygen atoms in total. The summed E-state index contributed by atoms with van der Waals surface area (Å²) in [6.45, 7) is 7.64. The molecule has 1 atom stereocenters. The van der Waals surface area contributed by atoms with Crippen LogP contribution in [0.15, 0.2) is 55.4 Å².